The van der Waals surface area contributed by atoms with E-state index in [1.165, 1.54) is 45.7 Å². The smallest absolute Gasteiger partial charge is 1.00 e. The number of halogens is 2. The van der Waals surface area contributed by atoms with Crippen LogP contribution in [0.15, 0.2) is 48.5 Å². The van der Waals surface area contributed by atoms with E-state index in [0.717, 1.165) is 51.6 Å². The summed E-state index contributed by atoms with van der Waals surface area (Å²) in [7, 11) is 0. The van der Waals surface area contributed by atoms with Gasteiger partial charge < -0.3 is 78.0 Å². The van der Waals surface area contributed by atoms with Crippen LogP contribution in [0.1, 0.15) is 139 Å². The summed E-state index contributed by atoms with van der Waals surface area (Å²) in [4.78, 5) is 105. The molecule has 2 aromatic rings. The second kappa shape index (κ2) is 36.9. The first kappa shape index (κ1) is 74.9. The van der Waals surface area contributed by atoms with Crippen LogP contribution in [0.5, 0.6) is 0 Å². The third-order valence-electron chi connectivity index (χ3n) is 12.1. The van der Waals surface area contributed by atoms with Crippen molar-refractivity contribution in [1.29, 1.82) is 0 Å². The molecule has 0 aromatic heterocycles. The van der Waals surface area contributed by atoms with E-state index in [-0.39, 0.29) is 131 Å². The Balaban J connectivity index is -0.00000105. The molecule has 2 saturated heterocycles. The summed E-state index contributed by atoms with van der Waals surface area (Å²) >= 11 is 0. The Bertz CT molecular complexity index is 2210. The molecular formula is C54H86BF2N6NaO14. The van der Waals surface area contributed by atoms with Gasteiger partial charge in [-0.2, -0.15) is 0 Å². The zero-order valence-corrected chi connectivity index (χ0v) is 49.2. The van der Waals surface area contributed by atoms with Gasteiger partial charge in [0.1, 0.15) is 46.2 Å². The van der Waals surface area contributed by atoms with Gasteiger partial charge in [-0.1, -0.05) is 36.4 Å². The van der Waals surface area contributed by atoms with Gasteiger partial charge in [-0.05, 0) is 156 Å². The van der Waals surface area contributed by atoms with Crippen molar-refractivity contribution < 1.29 is 109 Å². The van der Waals surface area contributed by atoms with Gasteiger partial charge in [0.15, 0.2) is 0 Å². The Labute approximate surface area is 481 Å². The van der Waals surface area contributed by atoms with E-state index in [0.29, 0.717) is 42.5 Å². The van der Waals surface area contributed by atoms with E-state index in [1.54, 1.807) is 82.8 Å². The number of rotatable bonds is 19. The van der Waals surface area contributed by atoms with Gasteiger partial charge >= 0.3 is 48.5 Å². The number of carbonyl (C=O) groups excluding carboxylic acids is 9. The Morgan fingerprint density at radius 2 is 1.12 bits per heavy atom. The number of hydrogen-bond acceptors (Lipinski definition) is 12. The van der Waals surface area contributed by atoms with E-state index in [4.69, 9.17) is 9.47 Å². The molecule has 0 unspecified atom stereocenters. The Hall–Kier alpha value is -5.17. The van der Waals surface area contributed by atoms with Crippen LogP contribution in [-0.4, -0.2) is 143 Å². The molecule has 78 heavy (non-hydrogen) atoms. The fraction of sp³-hybridized carbons (Fsp3) is 0.611. The zero-order chi connectivity index (χ0) is 55.2. The predicted octanol–water partition coefficient (Wildman–Crippen LogP) is 0.792. The van der Waals surface area contributed by atoms with Crippen LogP contribution in [0.25, 0.3) is 0 Å². The predicted molar refractivity (Wildman–Crippen MR) is 289 cm³/mol. The molecule has 11 N–H and O–H groups in total. The standard InChI is InChI=1S/C24H34FN3O4.C15H20FNO3.C9H16N2O.C6H9BO3.Na.3H2O.H/c1-24(2,3)32-23(31)27-18(13-17-7-4-5-9-20(17)25)14-21(29)28-12-6-8-19(28)15-26-22(30)16-10-11-16;1-15(2,3)20-14(19)17-12(8-9-18)10-11-6-4-5-7-13(11)16;12-9(7-3-4-7)11-6-8-2-1-5-10-8;1-4(8)7(5(2)9)6(3)10;;;;;/h4-5,7,9,16,18-19H,6,8,10-15H2,1-3H3,(H,26,30)(H,27,31);4-7,9,12H,8,10H2,1-3H3,(H,17,19);7-8,10H,1-6H2,(H,11,12);1-3H3;;3*1H2;/q;;;;+1;;;;-1/t18-,19+;12-;8-;;;;;;/m100....../s1. The summed E-state index contributed by atoms with van der Waals surface area (Å²) in [5, 5.41) is 14.6. The van der Waals surface area contributed by atoms with Crippen LogP contribution in [-0.2, 0) is 55.9 Å². The fourth-order valence-electron chi connectivity index (χ4n) is 8.21. The van der Waals surface area contributed by atoms with Crippen LogP contribution in [0.2, 0.25) is 0 Å². The SMILES string of the molecule is CC(=O)B(C(C)=O)C(C)=O.CC(C)(C)OC(=O)N[C@@H](CC(=O)N1CCC[C@H]1CNC(=O)C1CC1)Cc1ccccc1F.CC(C)(C)OC(=O)N[C@@H](CC=O)Cc1ccccc1F.O.O.O.O=C(NC[C@@H]1CCCN1)C1CC1.[H-].[Na+]. The van der Waals surface area contributed by atoms with Crippen molar-refractivity contribution >= 4 is 60.0 Å². The Morgan fingerprint density at radius 3 is 1.50 bits per heavy atom. The van der Waals surface area contributed by atoms with E-state index >= 15 is 0 Å². The van der Waals surface area contributed by atoms with Crippen molar-refractivity contribution in [1.82, 2.24) is 31.5 Å². The number of hydrogen-bond donors (Lipinski definition) is 5. The number of carbonyl (C=O) groups is 9. The number of ether oxygens (including phenoxy) is 2. The van der Waals surface area contributed by atoms with E-state index in [1.807, 2.05) is 0 Å². The molecule has 434 valence electrons. The molecular weight excluding hydrogens is 1030 g/mol. The number of amides is 5. The summed E-state index contributed by atoms with van der Waals surface area (Å²) in [6, 6.07) is 12.0. The first-order valence-electron chi connectivity index (χ1n) is 25.8. The van der Waals surface area contributed by atoms with Crippen molar-refractivity contribution in [3.05, 3.63) is 71.3 Å². The average Bonchev–Trinajstić information content (AvgIpc) is 4.22. The van der Waals surface area contributed by atoms with Gasteiger partial charge in [-0.15, -0.1) is 0 Å². The molecule has 20 nitrogen and oxygen atoms in total. The van der Waals surface area contributed by atoms with Gasteiger partial charge in [-0.3, -0.25) is 14.4 Å². The van der Waals surface area contributed by atoms with Crippen molar-refractivity contribution in [3.63, 3.8) is 0 Å². The summed E-state index contributed by atoms with van der Waals surface area (Å²) in [5.74, 6) is -0.0371. The maximum atomic E-state index is 14.2. The van der Waals surface area contributed by atoms with E-state index in [2.05, 4.69) is 26.6 Å². The molecule has 2 saturated carbocycles. The summed E-state index contributed by atoms with van der Waals surface area (Å²) in [5.41, 5.74) is -1.55. The van der Waals surface area contributed by atoms with E-state index in [9.17, 15) is 51.9 Å². The average molecular weight is 1120 g/mol. The van der Waals surface area contributed by atoms with Crippen LogP contribution in [0, 0.1) is 23.5 Å². The van der Waals surface area contributed by atoms with Gasteiger partial charge in [0, 0.05) is 68.5 Å². The summed E-state index contributed by atoms with van der Waals surface area (Å²) < 4.78 is 38.3. The van der Waals surface area contributed by atoms with Crippen molar-refractivity contribution in [2.24, 2.45) is 11.8 Å². The molecule has 2 aliphatic heterocycles. The minimum absolute atomic E-state index is 0. The van der Waals surface area contributed by atoms with Crippen molar-refractivity contribution in [3.8, 4) is 0 Å². The Morgan fingerprint density at radius 1 is 0.679 bits per heavy atom. The number of benzene rings is 2. The maximum Gasteiger partial charge on any atom is 1.00 e. The van der Waals surface area contributed by atoms with Gasteiger partial charge in [0.2, 0.25) is 17.7 Å². The molecule has 0 radical (unpaired) electrons. The summed E-state index contributed by atoms with van der Waals surface area (Å²) in [6.07, 6.45) is 8.24. The normalized spacial score (nSPS) is 16.7. The molecule has 0 spiro atoms. The monoisotopic (exact) mass is 1110 g/mol. The number of aldehydes is 1. The van der Waals surface area contributed by atoms with Gasteiger partial charge in [0.25, 0.3) is 0 Å². The van der Waals surface area contributed by atoms with Gasteiger partial charge in [-0.25, -0.2) is 18.4 Å². The molecule has 24 heteroatoms. The number of nitrogens with zero attached hydrogens (tertiary/aromatic N) is 1. The topological polar surface area (TPSA) is 330 Å². The molecule has 0 bridgehead atoms. The number of nitrogens with one attached hydrogen (secondary N) is 5. The molecule has 2 heterocycles. The van der Waals surface area contributed by atoms with Crippen molar-refractivity contribution in [2.45, 2.75) is 175 Å². The molecule has 2 aromatic carbocycles. The molecule has 6 rings (SSSR count). The third kappa shape index (κ3) is 30.3. The Kier molecular flexibility index (Phi) is 35.4. The number of alkyl carbamates (subject to hydrolysis) is 2. The number of likely N-dealkylation sites (tertiary alicyclic amines) is 1. The van der Waals surface area contributed by atoms with Gasteiger partial charge in [0.05, 0.1) is 0 Å². The molecule has 4 aliphatic rings. The second-order valence-corrected chi connectivity index (χ2v) is 21.4. The van der Waals surface area contributed by atoms with Crippen LogP contribution in [0.3, 0.4) is 0 Å². The first-order valence-corrected chi connectivity index (χ1v) is 25.8. The molecule has 2 aliphatic carbocycles. The van der Waals surface area contributed by atoms with Crippen LogP contribution >= 0.6 is 0 Å². The zero-order valence-electron chi connectivity index (χ0n) is 48.2. The molecule has 4 atom stereocenters. The van der Waals surface area contributed by atoms with E-state index < -0.39 is 42.2 Å². The molecule has 4 fully saturated rings. The maximum absolute atomic E-state index is 14.2. The van der Waals surface area contributed by atoms with Crippen LogP contribution < -0.4 is 56.1 Å². The van der Waals surface area contributed by atoms with Crippen molar-refractivity contribution in [2.75, 3.05) is 26.2 Å². The summed E-state index contributed by atoms with van der Waals surface area (Å²) in [6.45, 7) is 16.2. The largest absolute Gasteiger partial charge is 1.00 e. The minimum atomic E-state index is -1.03. The molecule has 5 amide bonds. The fourth-order valence-corrected chi connectivity index (χ4v) is 8.21. The van der Waals surface area contributed by atoms with Crippen LogP contribution in [0.4, 0.5) is 18.4 Å². The second-order valence-electron chi connectivity index (χ2n) is 21.4. The third-order valence-corrected chi connectivity index (χ3v) is 12.1. The first-order chi connectivity index (χ1) is 34.8. The minimum Gasteiger partial charge on any atom is -1.00 e. The quantitative estimate of drug-likeness (QED) is 0.0964.